The third-order valence-electron chi connectivity index (χ3n) is 5.22. The summed E-state index contributed by atoms with van der Waals surface area (Å²) in [5.41, 5.74) is 3.92. The Kier molecular flexibility index (Phi) is 7.90. The summed E-state index contributed by atoms with van der Waals surface area (Å²) in [7, 11) is 0. The van der Waals surface area contributed by atoms with Crippen LogP contribution in [0.1, 0.15) is 28.8 Å². The molecule has 1 aliphatic rings. The van der Waals surface area contributed by atoms with Crippen LogP contribution in [0, 0.1) is 13.8 Å². The predicted molar refractivity (Wildman–Crippen MR) is 142 cm³/mol. The van der Waals surface area contributed by atoms with Gasteiger partial charge in [-0.25, -0.2) is 4.68 Å². The van der Waals surface area contributed by atoms with E-state index in [-0.39, 0.29) is 18.2 Å². The van der Waals surface area contributed by atoms with Gasteiger partial charge in [0.05, 0.1) is 24.0 Å². The van der Waals surface area contributed by atoms with E-state index in [0.29, 0.717) is 38.8 Å². The van der Waals surface area contributed by atoms with Crippen LogP contribution in [0.5, 0.6) is 0 Å². The lowest BCUT2D eigenvalue weighted by Crippen LogP contribution is -2.28. The first-order valence-corrected chi connectivity index (χ1v) is 12.3. The van der Waals surface area contributed by atoms with Crippen LogP contribution in [0.25, 0.3) is 0 Å². The third kappa shape index (κ3) is 6.30. The van der Waals surface area contributed by atoms with Gasteiger partial charge in [-0.3, -0.25) is 9.59 Å². The lowest BCUT2D eigenvalue weighted by molar-refractivity contribution is -0.122. The van der Waals surface area contributed by atoms with Gasteiger partial charge >= 0.3 is 0 Å². The van der Waals surface area contributed by atoms with Gasteiger partial charge in [0.25, 0.3) is 0 Å². The molecule has 2 aromatic carbocycles. The van der Waals surface area contributed by atoms with Crippen LogP contribution < -0.4 is 10.6 Å². The van der Waals surface area contributed by atoms with Crippen LogP contribution in [-0.4, -0.2) is 38.2 Å². The lowest BCUT2D eigenvalue weighted by Gasteiger charge is -2.08. The molecule has 1 saturated heterocycles. The highest BCUT2D eigenvalue weighted by Crippen LogP contribution is 2.25. The number of benzene rings is 2. The van der Waals surface area contributed by atoms with E-state index in [1.807, 2.05) is 50.2 Å². The molecule has 180 valence electrons. The number of anilines is 1. The van der Waals surface area contributed by atoms with Crippen molar-refractivity contribution >= 4 is 63.8 Å². The van der Waals surface area contributed by atoms with Crippen molar-refractivity contribution in [2.24, 2.45) is 10.2 Å². The van der Waals surface area contributed by atoms with Gasteiger partial charge in [0.15, 0.2) is 5.17 Å². The number of rotatable bonds is 7. The van der Waals surface area contributed by atoms with Crippen LogP contribution in [0.2, 0.25) is 10.2 Å². The molecule has 4 rings (SSSR count). The Bertz CT molecular complexity index is 1320. The van der Waals surface area contributed by atoms with E-state index in [9.17, 15) is 9.59 Å². The molecule has 3 aromatic rings. The van der Waals surface area contributed by atoms with Gasteiger partial charge in [0.2, 0.25) is 11.8 Å². The van der Waals surface area contributed by atoms with Gasteiger partial charge in [0.1, 0.15) is 10.4 Å². The molecule has 0 bridgehead atoms. The first-order valence-electron chi connectivity index (χ1n) is 10.7. The molecule has 2 amide bonds. The molecule has 1 atom stereocenters. The number of carbonyl (C=O) groups excluding carboxylic acids is 2. The maximum Gasteiger partial charge on any atom is 0.240 e. The first kappa shape index (κ1) is 25.0. The molecular formula is C24H22Cl2N6O2S. The number of aromatic nitrogens is 2. The topological polar surface area (TPSA) is 101 Å². The predicted octanol–water partition coefficient (Wildman–Crippen LogP) is 4.81. The van der Waals surface area contributed by atoms with Crippen molar-refractivity contribution in [2.75, 3.05) is 5.32 Å². The third-order valence-corrected chi connectivity index (χ3v) is 7.10. The van der Waals surface area contributed by atoms with Crippen molar-refractivity contribution in [1.82, 2.24) is 15.1 Å². The zero-order valence-corrected chi connectivity index (χ0v) is 21.3. The molecule has 0 aliphatic carbocycles. The Hall–Kier alpha value is -3.14. The highest BCUT2D eigenvalue weighted by atomic mass is 35.5. The van der Waals surface area contributed by atoms with Crippen molar-refractivity contribution in [1.29, 1.82) is 0 Å². The smallest absolute Gasteiger partial charge is 0.240 e. The van der Waals surface area contributed by atoms with E-state index < -0.39 is 5.25 Å². The van der Waals surface area contributed by atoms with E-state index in [4.69, 9.17) is 23.2 Å². The summed E-state index contributed by atoms with van der Waals surface area (Å²) < 4.78 is 1.70. The summed E-state index contributed by atoms with van der Waals surface area (Å²) in [5, 5.41) is 18.7. The zero-order valence-electron chi connectivity index (χ0n) is 19.0. The van der Waals surface area contributed by atoms with Crippen molar-refractivity contribution in [2.45, 2.75) is 32.1 Å². The number of halogens is 2. The summed E-state index contributed by atoms with van der Waals surface area (Å²) in [6.45, 7) is 4.25. The molecule has 1 aromatic heterocycles. The van der Waals surface area contributed by atoms with Crippen LogP contribution >= 0.6 is 35.0 Å². The van der Waals surface area contributed by atoms with Gasteiger partial charge in [-0.15, -0.1) is 5.10 Å². The Balaban J connectivity index is 1.36. The average Bonchev–Trinajstić information content (AvgIpc) is 3.30. The maximum atomic E-state index is 12.4. The number of hydrogen-bond acceptors (Lipinski definition) is 6. The largest absolute Gasteiger partial charge is 0.326 e. The molecule has 1 unspecified atom stereocenters. The molecule has 1 fully saturated rings. The Morgan fingerprint density at radius 2 is 2.00 bits per heavy atom. The molecule has 0 radical (unpaired) electrons. The SMILES string of the molecule is Cc1ccc(NC(=O)CC2S/C(=N\N=C\c3c(C)nn(Cc4ccccc4)c3Cl)NC2=O)cc1Cl. The molecule has 8 nitrogen and oxygen atoms in total. The fourth-order valence-electron chi connectivity index (χ4n) is 3.35. The fourth-order valence-corrected chi connectivity index (χ4v) is 4.74. The van der Waals surface area contributed by atoms with Crippen molar-refractivity contribution in [3.8, 4) is 0 Å². The molecule has 2 N–H and O–H groups in total. The summed E-state index contributed by atoms with van der Waals surface area (Å²) in [6, 6.07) is 15.1. The number of aryl methyl sites for hydroxylation is 2. The highest BCUT2D eigenvalue weighted by Gasteiger charge is 2.32. The van der Waals surface area contributed by atoms with E-state index in [1.165, 1.54) is 6.21 Å². The van der Waals surface area contributed by atoms with Gasteiger partial charge in [-0.1, -0.05) is 71.4 Å². The molecule has 0 spiro atoms. The second kappa shape index (κ2) is 11.1. The molecule has 35 heavy (non-hydrogen) atoms. The standard InChI is InChI=1S/C24H22Cl2N6O2S/c1-14-8-9-17(10-19(14)25)28-21(33)11-20-23(34)29-24(35-20)30-27-12-18-15(2)31-32(22(18)26)13-16-6-4-3-5-7-16/h3-10,12,20H,11,13H2,1-2H3,(H,28,33)(H,29,30,34)/b27-12+. The number of amidine groups is 1. The number of nitrogens with zero attached hydrogens (tertiary/aromatic N) is 4. The zero-order chi connectivity index (χ0) is 24.9. The fraction of sp³-hybridized carbons (Fsp3) is 0.208. The lowest BCUT2D eigenvalue weighted by atomic mass is 10.2. The van der Waals surface area contributed by atoms with Crippen molar-refractivity contribution < 1.29 is 9.59 Å². The van der Waals surface area contributed by atoms with Gasteiger partial charge < -0.3 is 10.6 Å². The van der Waals surface area contributed by atoms with E-state index in [0.717, 1.165) is 22.9 Å². The second-order valence-corrected chi connectivity index (χ2v) is 9.85. The van der Waals surface area contributed by atoms with E-state index >= 15 is 0 Å². The first-order chi connectivity index (χ1) is 16.8. The average molecular weight is 529 g/mol. The van der Waals surface area contributed by atoms with Crippen LogP contribution in [-0.2, 0) is 16.1 Å². The quantitative estimate of drug-likeness (QED) is 0.339. The van der Waals surface area contributed by atoms with Gasteiger partial charge in [-0.2, -0.15) is 10.2 Å². The van der Waals surface area contributed by atoms with Crippen LogP contribution in [0.3, 0.4) is 0 Å². The Morgan fingerprint density at radius 3 is 2.74 bits per heavy atom. The van der Waals surface area contributed by atoms with Crippen LogP contribution in [0.4, 0.5) is 5.69 Å². The summed E-state index contributed by atoms with van der Waals surface area (Å²) >= 11 is 13.7. The Labute approximate surface area is 216 Å². The number of nitrogens with one attached hydrogen (secondary N) is 2. The molecule has 11 heteroatoms. The molecule has 0 saturated carbocycles. The van der Waals surface area contributed by atoms with Crippen molar-refractivity contribution in [3.63, 3.8) is 0 Å². The minimum absolute atomic E-state index is 0.0120. The second-order valence-electron chi connectivity index (χ2n) is 7.89. The Morgan fingerprint density at radius 1 is 1.23 bits per heavy atom. The number of hydrogen-bond donors (Lipinski definition) is 2. The van der Waals surface area contributed by atoms with E-state index in [2.05, 4.69) is 25.9 Å². The minimum atomic E-state index is -0.608. The summed E-state index contributed by atoms with van der Waals surface area (Å²) in [4.78, 5) is 24.7. The van der Waals surface area contributed by atoms with Crippen molar-refractivity contribution in [3.05, 3.63) is 81.1 Å². The monoisotopic (exact) mass is 528 g/mol. The highest BCUT2D eigenvalue weighted by molar-refractivity contribution is 8.15. The summed E-state index contributed by atoms with van der Waals surface area (Å²) in [5.74, 6) is -0.596. The normalized spacial score (nSPS) is 16.7. The number of carbonyl (C=O) groups is 2. The van der Waals surface area contributed by atoms with Gasteiger partial charge in [0, 0.05) is 17.1 Å². The summed E-state index contributed by atoms with van der Waals surface area (Å²) in [6.07, 6.45) is 1.50. The van der Waals surface area contributed by atoms with E-state index in [1.54, 1.807) is 16.8 Å². The maximum absolute atomic E-state index is 12.4. The molecule has 2 heterocycles. The number of amides is 2. The molecular weight excluding hydrogens is 507 g/mol. The van der Waals surface area contributed by atoms with Gasteiger partial charge in [-0.05, 0) is 37.1 Å². The van der Waals surface area contributed by atoms with Crippen LogP contribution in [0.15, 0.2) is 58.7 Å². The number of thioether (sulfide) groups is 1. The molecule has 1 aliphatic heterocycles. The minimum Gasteiger partial charge on any atom is -0.326 e.